The Balaban J connectivity index is 2.13. The number of hydrogen-bond donors (Lipinski definition) is 0. The first-order valence-electron chi connectivity index (χ1n) is 6.39. The summed E-state index contributed by atoms with van der Waals surface area (Å²) in [6, 6.07) is 0. The lowest BCUT2D eigenvalue weighted by Crippen LogP contribution is -2.20. The Labute approximate surface area is 93.7 Å². The third-order valence-electron chi connectivity index (χ3n) is 4.10. The van der Waals surface area contributed by atoms with Crippen LogP contribution in [-0.2, 0) is 0 Å². The van der Waals surface area contributed by atoms with Crippen molar-refractivity contribution < 1.29 is 0 Å². The zero-order chi connectivity index (χ0) is 10.7. The van der Waals surface area contributed by atoms with Gasteiger partial charge in [-0.25, -0.2) is 0 Å². The van der Waals surface area contributed by atoms with Crippen molar-refractivity contribution >= 4 is 6.21 Å². The van der Waals surface area contributed by atoms with Crippen molar-refractivity contribution in [2.45, 2.75) is 52.4 Å². The molecule has 0 spiro atoms. The van der Waals surface area contributed by atoms with Crippen LogP contribution in [0.3, 0.4) is 0 Å². The van der Waals surface area contributed by atoms with E-state index in [1.165, 1.54) is 38.5 Å². The standard InChI is InChI=1S/C14H23N/c1-14(2)9-5-7-13(14)12-6-3-4-10-15-11-8-12/h8,11,13H,3-7,9-10H2,1-2H3/b12-8+,15-11?. The van der Waals surface area contributed by atoms with E-state index in [0.29, 0.717) is 5.41 Å². The number of aliphatic imine (C=N–C) groups is 1. The average molecular weight is 205 g/mol. The molecule has 0 saturated heterocycles. The highest BCUT2D eigenvalue weighted by Gasteiger charge is 2.36. The molecule has 1 saturated carbocycles. The second-order valence-electron chi connectivity index (χ2n) is 5.69. The van der Waals surface area contributed by atoms with Crippen molar-refractivity contribution in [3.63, 3.8) is 0 Å². The lowest BCUT2D eigenvalue weighted by molar-refractivity contribution is 0.290. The summed E-state index contributed by atoms with van der Waals surface area (Å²) in [7, 11) is 0. The zero-order valence-electron chi connectivity index (χ0n) is 10.1. The van der Waals surface area contributed by atoms with Crippen molar-refractivity contribution in [2.75, 3.05) is 6.54 Å². The summed E-state index contributed by atoms with van der Waals surface area (Å²) in [6.07, 6.45) is 12.4. The molecular formula is C14H23N. The highest BCUT2D eigenvalue weighted by molar-refractivity contribution is 5.72. The topological polar surface area (TPSA) is 12.4 Å². The first-order chi connectivity index (χ1) is 7.20. The van der Waals surface area contributed by atoms with Gasteiger partial charge in [0.1, 0.15) is 0 Å². The second kappa shape index (κ2) is 4.51. The molecule has 84 valence electrons. The Kier molecular flexibility index (Phi) is 3.28. The lowest BCUT2D eigenvalue weighted by atomic mass is 9.76. The van der Waals surface area contributed by atoms with Crippen LogP contribution in [0.1, 0.15) is 52.4 Å². The van der Waals surface area contributed by atoms with E-state index >= 15 is 0 Å². The lowest BCUT2D eigenvalue weighted by Gasteiger charge is -2.29. The highest BCUT2D eigenvalue weighted by Crippen LogP contribution is 2.47. The van der Waals surface area contributed by atoms with E-state index < -0.39 is 0 Å². The van der Waals surface area contributed by atoms with Crippen molar-refractivity contribution in [3.05, 3.63) is 11.6 Å². The molecule has 1 heterocycles. The summed E-state index contributed by atoms with van der Waals surface area (Å²) in [4.78, 5) is 4.40. The van der Waals surface area contributed by atoms with E-state index in [1.54, 1.807) is 5.57 Å². The Morgan fingerprint density at radius 2 is 2.13 bits per heavy atom. The summed E-state index contributed by atoms with van der Waals surface area (Å²) < 4.78 is 0. The first kappa shape index (κ1) is 10.9. The minimum absolute atomic E-state index is 0.527. The number of hydrogen-bond acceptors (Lipinski definition) is 1. The fraction of sp³-hybridized carbons (Fsp3) is 0.786. The van der Waals surface area contributed by atoms with Crippen LogP contribution in [-0.4, -0.2) is 12.8 Å². The summed E-state index contributed by atoms with van der Waals surface area (Å²) >= 11 is 0. The van der Waals surface area contributed by atoms with E-state index in [4.69, 9.17) is 0 Å². The molecule has 2 rings (SSSR count). The largest absolute Gasteiger partial charge is 0.293 e. The van der Waals surface area contributed by atoms with E-state index in [1.807, 2.05) is 6.21 Å². The highest BCUT2D eigenvalue weighted by atomic mass is 14.7. The van der Waals surface area contributed by atoms with Gasteiger partial charge in [-0.15, -0.1) is 0 Å². The number of allylic oxidation sites excluding steroid dienone is 2. The summed E-state index contributed by atoms with van der Waals surface area (Å²) in [5.41, 5.74) is 2.19. The van der Waals surface area contributed by atoms with E-state index in [0.717, 1.165) is 12.5 Å². The van der Waals surface area contributed by atoms with Gasteiger partial charge >= 0.3 is 0 Å². The van der Waals surface area contributed by atoms with Crippen molar-refractivity contribution in [1.82, 2.24) is 0 Å². The molecule has 2 aliphatic rings. The summed E-state index contributed by atoms with van der Waals surface area (Å²) in [5, 5.41) is 0. The number of rotatable bonds is 1. The maximum atomic E-state index is 4.40. The van der Waals surface area contributed by atoms with Crippen molar-refractivity contribution in [2.24, 2.45) is 16.3 Å². The molecule has 1 aliphatic heterocycles. The SMILES string of the molecule is CC1(C)CCCC1/C1=C/C=NCCCC1. The van der Waals surface area contributed by atoms with Gasteiger partial charge in [-0.3, -0.25) is 4.99 Å². The molecule has 0 aromatic rings. The molecule has 1 fully saturated rings. The molecule has 1 unspecified atom stereocenters. The van der Waals surface area contributed by atoms with Gasteiger partial charge in [-0.1, -0.05) is 25.8 Å². The normalized spacial score (nSPS) is 34.3. The smallest absolute Gasteiger partial charge is 0.0389 e. The minimum atomic E-state index is 0.527. The quantitative estimate of drug-likeness (QED) is 0.613. The van der Waals surface area contributed by atoms with Gasteiger partial charge in [0.25, 0.3) is 0 Å². The molecule has 0 aromatic heterocycles. The van der Waals surface area contributed by atoms with Crippen molar-refractivity contribution in [1.29, 1.82) is 0 Å². The van der Waals surface area contributed by atoms with Gasteiger partial charge in [-0.2, -0.15) is 0 Å². The van der Waals surface area contributed by atoms with E-state index in [9.17, 15) is 0 Å². The molecule has 1 aliphatic carbocycles. The predicted molar refractivity (Wildman–Crippen MR) is 66.4 cm³/mol. The monoisotopic (exact) mass is 205 g/mol. The third-order valence-corrected chi connectivity index (χ3v) is 4.10. The Morgan fingerprint density at radius 1 is 1.27 bits per heavy atom. The van der Waals surface area contributed by atoms with Gasteiger partial charge in [0, 0.05) is 12.8 Å². The van der Waals surface area contributed by atoms with Gasteiger partial charge in [0.15, 0.2) is 0 Å². The molecule has 1 heteroatoms. The van der Waals surface area contributed by atoms with Crippen LogP contribution >= 0.6 is 0 Å². The van der Waals surface area contributed by atoms with Gasteiger partial charge in [0.05, 0.1) is 0 Å². The first-order valence-corrected chi connectivity index (χ1v) is 6.39. The van der Waals surface area contributed by atoms with Gasteiger partial charge in [-0.05, 0) is 49.5 Å². The Morgan fingerprint density at radius 3 is 2.87 bits per heavy atom. The molecule has 0 N–H and O–H groups in total. The molecule has 0 bridgehead atoms. The third kappa shape index (κ3) is 2.50. The fourth-order valence-corrected chi connectivity index (χ4v) is 3.14. The van der Waals surface area contributed by atoms with Crippen LogP contribution in [0, 0.1) is 11.3 Å². The van der Waals surface area contributed by atoms with Crippen LogP contribution < -0.4 is 0 Å². The Bertz CT molecular complexity index is 273. The number of nitrogens with zero attached hydrogens (tertiary/aromatic N) is 1. The van der Waals surface area contributed by atoms with Crippen LogP contribution in [0.5, 0.6) is 0 Å². The van der Waals surface area contributed by atoms with Crippen LogP contribution in [0.25, 0.3) is 0 Å². The molecular weight excluding hydrogens is 182 g/mol. The fourth-order valence-electron chi connectivity index (χ4n) is 3.14. The van der Waals surface area contributed by atoms with Crippen molar-refractivity contribution in [3.8, 4) is 0 Å². The summed E-state index contributed by atoms with van der Waals surface area (Å²) in [6.45, 7) is 5.89. The van der Waals surface area contributed by atoms with Gasteiger partial charge < -0.3 is 0 Å². The van der Waals surface area contributed by atoms with Gasteiger partial charge in [0.2, 0.25) is 0 Å². The van der Waals surface area contributed by atoms with E-state index in [-0.39, 0.29) is 0 Å². The molecule has 1 atom stereocenters. The second-order valence-corrected chi connectivity index (χ2v) is 5.69. The maximum Gasteiger partial charge on any atom is 0.0389 e. The van der Waals surface area contributed by atoms with Crippen LogP contribution in [0.4, 0.5) is 0 Å². The molecule has 0 radical (unpaired) electrons. The molecule has 1 nitrogen and oxygen atoms in total. The minimum Gasteiger partial charge on any atom is -0.293 e. The zero-order valence-corrected chi connectivity index (χ0v) is 10.1. The van der Waals surface area contributed by atoms with Crippen LogP contribution in [0.2, 0.25) is 0 Å². The predicted octanol–water partition coefficient (Wildman–Crippen LogP) is 3.99. The average Bonchev–Trinajstić information content (AvgIpc) is 2.45. The van der Waals surface area contributed by atoms with E-state index in [2.05, 4.69) is 24.9 Å². The Hall–Kier alpha value is -0.590. The molecule has 15 heavy (non-hydrogen) atoms. The molecule has 0 amide bonds. The van der Waals surface area contributed by atoms with Crippen LogP contribution in [0.15, 0.2) is 16.6 Å². The summed E-state index contributed by atoms with van der Waals surface area (Å²) in [5.74, 6) is 0.821. The molecule has 0 aromatic carbocycles. The maximum absolute atomic E-state index is 4.40.